The van der Waals surface area contributed by atoms with Crippen molar-refractivity contribution < 1.29 is 24.2 Å². The van der Waals surface area contributed by atoms with E-state index in [0.717, 1.165) is 10.9 Å². The number of rotatable bonds is 5. The van der Waals surface area contributed by atoms with Gasteiger partial charge in [-0.1, -0.05) is 5.21 Å². The third-order valence-electron chi connectivity index (χ3n) is 2.16. The molecule has 116 valence electrons. The Morgan fingerprint density at radius 3 is 2.52 bits per heavy atom. The molecule has 0 aromatic carbocycles. The van der Waals surface area contributed by atoms with Gasteiger partial charge in [-0.15, -0.1) is 5.10 Å². The first-order chi connectivity index (χ1) is 9.58. The van der Waals surface area contributed by atoms with Crippen molar-refractivity contribution in [2.45, 2.75) is 39.0 Å². The van der Waals surface area contributed by atoms with E-state index >= 15 is 0 Å². The van der Waals surface area contributed by atoms with Crippen LogP contribution in [0.15, 0.2) is 6.20 Å². The standard InChI is InChI=1S/C11H17N5O5/c1-11(2,3)21-10(20)13-6(8(12)17)4-16-5-7(9(18)19)14-15-16/h5-6H,4H2,1-3H3,(H2,12,17)(H,13,20)(H,18,19). The van der Waals surface area contributed by atoms with E-state index in [1.807, 2.05) is 0 Å². The van der Waals surface area contributed by atoms with Gasteiger partial charge in [-0.2, -0.15) is 0 Å². The van der Waals surface area contributed by atoms with Gasteiger partial charge in [0.25, 0.3) is 0 Å². The number of carbonyl (C=O) groups is 3. The van der Waals surface area contributed by atoms with Crippen molar-refractivity contribution in [1.29, 1.82) is 0 Å². The van der Waals surface area contributed by atoms with Gasteiger partial charge < -0.3 is 20.9 Å². The lowest BCUT2D eigenvalue weighted by molar-refractivity contribution is -0.120. The molecule has 0 saturated heterocycles. The first kappa shape index (κ1) is 16.4. The Morgan fingerprint density at radius 2 is 2.10 bits per heavy atom. The molecule has 1 rings (SSSR count). The van der Waals surface area contributed by atoms with Gasteiger partial charge in [0, 0.05) is 0 Å². The molecule has 21 heavy (non-hydrogen) atoms. The largest absolute Gasteiger partial charge is 0.476 e. The van der Waals surface area contributed by atoms with E-state index in [1.165, 1.54) is 0 Å². The number of ether oxygens (including phenoxy) is 1. The van der Waals surface area contributed by atoms with E-state index < -0.39 is 29.6 Å². The van der Waals surface area contributed by atoms with Crippen molar-refractivity contribution in [2.75, 3.05) is 0 Å². The fourth-order valence-electron chi connectivity index (χ4n) is 1.33. The van der Waals surface area contributed by atoms with Crippen LogP contribution < -0.4 is 11.1 Å². The Morgan fingerprint density at radius 1 is 1.48 bits per heavy atom. The number of carboxylic acids is 1. The zero-order chi connectivity index (χ0) is 16.2. The smallest absolute Gasteiger partial charge is 0.408 e. The van der Waals surface area contributed by atoms with E-state index in [-0.39, 0.29) is 12.2 Å². The number of carboxylic acid groups (broad SMARTS) is 1. The minimum atomic E-state index is -1.25. The molecule has 0 aliphatic heterocycles. The molecule has 1 aromatic heterocycles. The van der Waals surface area contributed by atoms with Gasteiger partial charge in [-0.3, -0.25) is 4.79 Å². The predicted molar refractivity (Wildman–Crippen MR) is 69.3 cm³/mol. The number of alkyl carbamates (subject to hydrolysis) is 1. The number of primary amides is 1. The highest BCUT2D eigenvalue weighted by Gasteiger charge is 2.23. The number of nitrogens with two attached hydrogens (primary N) is 1. The Kier molecular flexibility index (Phi) is 4.84. The molecule has 0 spiro atoms. The minimum Gasteiger partial charge on any atom is -0.476 e. The van der Waals surface area contributed by atoms with Crippen molar-refractivity contribution >= 4 is 18.0 Å². The lowest BCUT2D eigenvalue weighted by Crippen LogP contribution is -2.48. The lowest BCUT2D eigenvalue weighted by Gasteiger charge is -2.22. The van der Waals surface area contributed by atoms with E-state index in [9.17, 15) is 14.4 Å². The number of hydrogen-bond donors (Lipinski definition) is 3. The summed E-state index contributed by atoms with van der Waals surface area (Å²) in [5.41, 5.74) is 4.17. The number of nitrogens with zero attached hydrogens (tertiary/aromatic N) is 3. The summed E-state index contributed by atoms with van der Waals surface area (Å²) in [6.45, 7) is 4.85. The van der Waals surface area contributed by atoms with Gasteiger partial charge in [0.15, 0.2) is 5.69 Å². The Bertz CT molecular complexity index is 547. The molecule has 0 radical (unpaired) electrons. The molecule has 0 saturated carbocycles. The summed E-state index contributed by atoms with van der Waals surface area (Å²) in [4.78, 5) is 33.6. The summed E-state index contributed by atoms with van der Waals surface area (Å²) < 4.78 is 6.10. The summed E-state index contributed by atoms with van der Waals surface area (Å²) in [5, 5.41) is 17.9. The second-order valence-electron chi connectivity index (χ2n) is 5.23. The normalized spacial score (nSPS) is 12.5. The predicted octanol–water partition coefficient (Wildman–Crippen LogP) is -0.645. The summed E-state index contributed by atoms with van der Waals surface area (Å²) in [5.74, 6) is -2.06. The van der Waals surface area contributed by atoms with Crippen molar-refractivity contribution in [3.8, 4) is 0 Å². The van der Waals surface area contributed by atoms with Crippen LogP contribution in [0, 0.1) is 0 Å². The van der Waals surface area contributed by atoms with E-state index in [4.69, 9.17) is 15.6 Å². The number of aromatic carboxylic acids is 1. The summed E-state index contributed by atoms with van der Waals surface area (Å²) in [6, 6.07) is -1.11. The molecular formula is C11H17N5O5. The van der Waals surface area contributed by atoms with Crippen LogP contribution in [-0.2, 0) is 16.1 Å². The van der Waals surface area contributed by atoms with Crippen molar-refractivity contribution in [1.82, 2.24) is 20.3 Å². The van der Waals surface area contributed by atoms with Crippen LogP contribution in [0.3, 0.4) is 0 Å². The summed E-state index contributed by atoms with van der Waals surface area (Å²) in [6.07, 6.45) is 0.305. The fraction of sp³-hybridized carbons (Fsp3) is 0.545. The monoisotopic (exact) mass is 299 g/mol. The molecule has 4 N–H and O–H groups in total. The van der Waals surface area contributed by atoms with Gasteiger partial charge in [-0.25, -0.2) is 14.3 Å². The van der Waals surface area contributed by atoms with Crippen LogP contribution in [0.2, 0.25) is 0 Å². The van der Waals surface area contributed by atoms with Gasteiger partial charge in [-0.05, 0) is 20.8 Å². The first-order valence-corrected chi connectivity index (χ1v) is 6.01. The van der Waals surface area contributed by atoms with Gasteiger partial charge in [0.1, 0.15) is 11.6 Å². The Hall–Kier alpha value is -2.65. The van der Waals surface area contributed by atoms with Crippen LogP contribution in [0.25, 0.3) is 0 Å². The molecule has 0 bridgehead atoms. The summed E-state index contributed by atoms with van der Waals surface area (Å²) in [7, 11) is 0. The SMILES string of the molecule is CC(C)(C)OC(=O)NC(Cn1cc(C(=O)O)nn1)C(N)=O. The number of amides is 2. The van der Waals surface area contributed by atoms with Crippen LogP contribution >= 0.6 is 0 Å². The molecule has 0 fully saturated rings. The average Bonchev–Trinajstić information content (AvgIpc) is 2.74. The maximum absolute atomic E-state index is 11.6. The molecule has 2 amide bonds. The first-order valence-electron chi connectivity index (χ1n) is 6.01. The molecule has 10 heteroatoms. The number of carbonyl (C=O) groups excluding carboxylic acids is 2. The molecule has 0 aliphatic carbocycles. The third kappa shape index (κ3) is 5.47. The molecular weight excluding hydrogens is 282 g/mol. The Balaban J connectivity index is 2.71. The van der Waals surface area contributed by atoms with E-state index in [2.05, 4.69) is 15.6 Å². The highest BCUT2D eigenvalue weighted by molar-refractivity contribution is 5.85. The molecule has 0 aliphatic rings. The number of aromatic nitrogens is 3. The Labute approximate surface area is 120 Å². The molecule has 1 atom stereocenters. The molecule has 1 heterocycles. The second-order valence-corrected chi connectivity index (χ2v) is 5.23. The van der Waals surface area contributed by atoms with Crippen LogP contribution in [-0.4, -0.2) is 49.7 Å². The highest BCUT2D eigenvalue weighted by Crippen LogP contribution is 2.07. The van der Waals surface area contributed by atoms with Gasteiger partial charge in [0.05, 0.1) is 12.7 Å². The maximum atomic E-state index is 11.6. The second kappa shape index (κ2) is 6.20. The zero-order valence-electron chi connectivity index (χ0n) is 11.9. The number of nitrogens with one attached hydrogen (secondary N) is 1. The zero-order valence-corrected chi connectivity index (χ0v) is 11.9. The fourth-order valence-corrected chi connectivity index (χ4v) is 1.33. The lowest BCUT2D eigenvalue weighted by atomic mass is 10.2. The minimum absolute atomic E-state index is 0.158. The quantitative estimate of drug-likeness (QED) is 0.654. The summed E-state index contributed by atoms with van der Waals surface area (Å²) >= 11 is 0. The van der Waals surface area contributed by atoms with Crippen molar-refractivity contribution in [3.63, 3.8) is 0 Å². The van der Waals surface area contributed by atoms with E-state index in [0.29, 0.717) is 0 Å². The highest BCUT2D eigenvalue weighted by atomic mass is 16.6. The van der Waals surface area contributed by atoms with E-state index in [1.54, 1.807) is 20.8 Å². The molecule has 1 aromatic rings. The third-order valence-corrected chi connectivity index (χ3v) is 2.16. The van der Waals surface area contributed by atoms with Crippen molar-refractivity contribution in [3.05, 3.63) is 11.9 Å². The molecule has 1 unspecified atom stereocenters. The van der Waals surface area contributed by atoms with Crippen LogP contribution in [0.4, 0.5) is 4.79 Å². The van der Waals surface area contributed by atoms with Crippen LogP contribution in [0.1, 0.15) is 31.3 Å². The maximum Gasteiger partial charge on any atom is 0.408 e. The average molecular weight is 299 g/mol. The van der Waals surface area contributed by atoms with Crippen LogP contribution in [0.5, 0.6) is 0 Å². The number of hydrogen-bond acceptors (Lipinski definition) is 6. The molecule has 10 nitrogen and oxygen atoms in total. The van der Waals surface area contributed by atoms with Gasteiger partial charge >= 0.3 is 12.1 Å². The van der Waals surface area contributed by atoms with Crippen molar-refractivity contribution in [2.24, 2.45) is 5.73 Å². The van der Waals surface area contributed by atoms with Gasteiger partial charge in [0.2, 0.25) is 5.91 Å². The topological polar surface area (TPSA) is 149 Å².